The molecule has 4 heteroatoms. The zero-order valence-corrected chi connectivity index (χ0v) is 11.8. The van der Waals surface area contributed by atoms with E-state index in [1.165, 1.54) is 17.0 Å². The lowest BCUT2D eigenvalue weighted by atomic mass is 10.1. The van der Waals surface area contributed by atoms with Crippen LogP contribution in [-0.2, 0) is 19.5 Å². The average molecular weight is 260 g/mol. The highest BCUT2D eigenvalue weighted by molar-refractivity contribution is 5.17. The van der Waals surface area contributed by atoms with Crippen molar-refractivity contribution in [1.29, 1.82) is 0 Å². The summed E-state index contributed by atoms with van der Waals surface area (Å²) in [5.41, 5.74) is 3.85. The molecule has 0 bridgehead atoms. The topological polar surface area (TPSA) is 55.6 Å². The molecule has 4 nitrogen and oxygen atoms in total. The summed E-state index contributed by atoms with van der Waals surface area (Å²) >= 11 is 0. The standard InChI is InChI=1S/C15H24N4/c1-3-16-9-13-8-15(19-10-13)7-12(2)18-11-14-5-4-6-17-14/h4-6,8,10,12,16-19H,3,7,9,11H2,1-2H3. The van der Waals surface area contributed by atoms with Gasteiger partial charge in [-0.15, -0.1) is 0 Å². The van der Waals surface area contributed by atoms with E-state index in [1.807, 2.05) is 12.3 Å². The number of nitrogens with one attached hydrogen (secondary N) is 4. The third-order valence-electron chi connectivity index (χ3n) is 3.21. The number of H-pyrrole nitrogens is 2. The van der Waals surface area contributed by atoms with Gasteiger partial charge in [-0.25, -0.2) is 0 Å². The molecule has 0 aromatic carbocycles. The Kier molecular flexibility index (Phi) is 5.24. The van der Waals surface area contributed by atoms with Crippen molar-refractivity contribution in [2.45, 2.75) is 39.4 Å². The fourth-order valence-electron chi connectivity index (χ4n) is 2.15. The molecule has 0 spiro atoms. The fourth-order valence-corrected chi connectivity index (χ4v) is 2.15. The van der Waals surface area contributed by atoms with Crippen molar-refractivity contribution in [3.8, 4) is 0 Å². The Balaban J connectivity index is 1.75. The van der Waals surface area contributed by atoms with Crippen LogP contribution in [0.1, 0.15) is 30.8 Å². The zero-order chi connectivity index (χ0) is 13.5. The van der Waals surface area contributed by atoms with Crippen LogP contribution >= 0.6 is 0 Å². The normalized spacial score (nSPS) is 12.7. The largest absolute Gasteiger partial charge is 0.365 e. The summed E-state index contributed by atoms with van der Waals surface area (Å²) in [6.07, 6.45) is 5.07. The molecule has 0 saturated heterocycles. The second-order valence-corrected chi connectivity index (χ2v) is 4.99. The first-order valence-corrected chi connectivity index (χ1v) is 7.00. The smallest absolute Gasteiger partial charge is 0.0359 e. The predicted octanol–water partition coefficient (Wildman–Crippen LogP) is 2.17. The van der Waals surface area contributed by atoms with Crippen molar-refractivity contribution >= 4 is 0 Å². The summed E-state index contributed by atoms with van der Waals surface area (Å²) < 4.78 is 0. The molecule has 1 atom stereocenters. The third kappa shape index (κ3) is 4.58. The predicted molar refractivity (Wildman–Crippen MR) is 79.0 cm³/mol. The highest BCUT2D eigenvalue weighted by Gasteiger charge is 2.05. The van der Waals surface area contributed by atoms with E-state index in [4.69, 9.17) is 0 Å². The number of rotatable bonds is 8. The SMILES string of the molecule is CCNCc1c[nH]c(CC(C)NCc2ccc[nH]2)c1. The fraction of sp³-hybridized carbons (Fsp3) is 0.467. The Labute approximate surface area is 115 Å². The second kappa shape index (κ2) is 7.16. The van der Waals surface area contributed by atoms with Crippen LogP contribution < -0.4 is 10.6 Å². The number of hydrogen-bond acceptors (Lipinski definition) is 2. The molecular formula is C15H24N4. The van der Waals surface area contributed by atoms with Gasteiger partial charge in [0.25, 0.3) is 0 Å². The van der Waals surface area contributed by atoms with E-state index in [0.29, 0.717) is 6.04 Å². The first-order chi connectivity index (χ1) is 9.28. The first kappa shape index (κ1) is 13.9. The maximum Gasteiger partial charge on any atom is 0.0359 e. The highest BCUT2D eigenvalue weighted by Crippen LogP contribution is 2.06. The molecular weight excluding hydrogens is 236 g/mol. The van der Waals surface area contributed by atoms with Crippen molar-refractivity contribution in [2.24, 2.45) is 0 Å². The van der Waals surface area contributed by atoms with Gasteiger partial charge in [-0.1, -0.05) is 6.92 Å². The molecule has 0 radical (unpaired) electrons. The van der Waals surface area contributed by atoms with Crippen molar-refractivity contribution < 1.29 is 0 Å². The molecule has 19 heavy (non-hydrogen) atoms. The molecule has 0 amide bonds. The quantitative estimate of drug-likeness (QED) is 0.588. The van der Waals surface area contributed by atoms with E-state index in [9.17, 15) is 0 Å². The van der Waals surface area contributed by atoms with E-state index in [0.717, 1.165) is 26.1 Å². The van der Waals surface area contributed by atoms with Gasteiger partial charge in [-0.05, 0) is 37.2 Å². The van der Waals surface area contributed by atoms with Crippen LogP contribution in [0.4, 0.5) is 0 Å². The van der Waals surface area contributed by atoms with Gasteiger partial charge in [0.05, 0.1) is 0 Å². The lowest BCUT2D eigenvalue weighted by Crippen LogP contribution is -2.27. The van der Waals surface area contributed by atoms with Crippen LogP contribution in [0.3, 0.4) is 0 Å². The van der Waals surface area contributed by atoms with Gasteiger partial charge in [0.2, 0.25) is 0 Å². The van der Waals surface area contributed by atoms with Gasteiger partial charge in [0.1, 0.15) is 0 Å². The Hall–Kier alpha value is -1.52. The molecule has 1 unspecified atom stereocenters. The number of aromatic amines is 2. The van der Waals surface area contributed by atoms with Gasteiger partial charge in [0, 0.05) is 49.3 Å². The van der Waals surface area contributed by atoms with E-state index >= 15 is 0 Å². The number of hydrogen-bond donors (Lipinski definition) is 4. The lowest BCUT2D eigenvalue weighted by molar-refractivity contribution is 0.537. The monoisotopic (exact) mass is 260 g/mol. The van der Waals surface area contributed by atoms with Crippen LogP contribution in [0.15, 0.2) is 30.6 Å². The van der Waals surface area contributed by atoms with Crippen molar-refractivity contribution in [1.82, 2.24) is 20.6 Å². The molecule has 104 valence electrons. The van der Waals surface area contributed by atoms with E-state index in [-0.39, 0.29) is 0 Å². The molecule has 0 aliphatic rings. The minimum Gasteiger partial charge on any atom is -0.365 e. The molecule has 0 aliphatic carbocycles. The number of aromatic nitrogens is 2. The third-order valence-corrected chi connectivity index (χ3v) is 3.21. The van der Waals surface area contributed by atoms with Crippen molar-refractivity contribution in [3.05, 3.63) is 47.5 Å². The van der Waals surface area contributed by atoms with Gasteiger partial charge in [-0.3, -0.25) is 0 Å². The second-order valence-electron chi connectivity index (χ2n) is 4.99. The summed E-state index contributed by atoms with van der Waals surface area (Å²) in [4.78, 5) is 6.56. The molecule has 2 heterocycles. The summed E-state index contributed by atoms with van der Waals surface area (Å²) in [7, 11) is 0. The molecule has 0 saturated carbocycles. The Bertz CT molecular complexity index is 458. The van der Waals surface area contributed by atoms with Crippen LogP contribution in [0.2, 0.25) is 0 Å². The molecule has 2 aromatic rings. The van der Waals surface area contributed by atoms with E-state index < -0.39 is 0 Å². The summed E-state index contributed by atoms with van der Waals surface area (Å²) in [6.45, 7) is 7.18. The van der Waals surface area contributed by atoms with Crippen LogP contribution in [0.5, 0.6) is 0 Å². The zero-order valence-electron chi connectivity index (χ0n) is 11.8. The maximum atomic E-state index is 3.52. The molecule has 0 aliphatic heterocycles. The maximum absolute atomic E-state index is 3.52. The van der Waals surface area contributed by atoms with Gasteiger partial charge < -0.3 is 20.6 Å². The minimum absolute atomic E-state index is 0.453. The van der Waals surface area contributed by atoms with Crippen molar-refractivity contribution in [3.63, 3.8) is 0 Å². The van der Waals surface area contributed by atoms with Crippen LogP contribution in [-0.4, -0.2) is 22.6 Å². The summed E-state index contributed by atoms with van der Waals surface area (Å²) in [6, 6.07) is 6.83. The van der Waals surface area contributed by atoms with Gasteiger partial charge in [0.15, 0.2) is 0 Å². The molecule has 4 N–H and O–H groups in total. The highest BCUT2D eigenvalue weighted by atomic mass is 14.9. The minimum atomic E-state index is 0.453. The van der Waals surface area contributed by atoms with Gasteiger partial charge in [-0.2, -0.15) is 0 Å². The lowest BCUT2D eigenvalue weighted by Gasteiger charge is -2.12. The van der Waals surface area contributed by atoms with E-state index in [1.54, 1.807) is 0 Å². The summed E-state index contributed by atoms with van der Waals surface area (Å²) in [5.74, 6) is 0. The molecule has 2 aromatic heterocycles. The van der Waals surface area contributed by atoms with Crippen molar-refractivity contribution in [2.75, 3.05) is 6.54 Å². The molecule has 0 fully saturated rings. The molecule has 2 rings (SSSR count). The van der Waals surface area contributed by atoms with Crippen LogP contribution in [0.25, 0.3) is 0 Å². The average Bonchev–Trinajstić information content (AvgIpc) is 3.05. The summed E-state index contributed by atoms with van der Waals surface area (Å²) in [5, 5.41) is 6.85. The first-order valence-electron chi connectivity index (χ1n) is 7.00. The van der Waals surface area contributed by atoms with Crippen LogP contribution in [0, 0.1) is 0 Å². The Morgan fingerprint density at radius 3 is 2.84 bits per heavy atom. The Morgan fingerprint density at radius 2 is 2.11 bits per heavy atom. The Morgan fingerprint density at radius 1 is 1.21 bits per heavy atom. The van der Waals surface area contributed by atoms with Gasteiger partial charge >= 0.3 is 0 Å². The van der Waals surface area contributed by atoms with E-state index in [2.05, 4.69) is 52.8 Å².